The van der Waals surface area contributed by atoms with E-state index in [0.29, 0.717) is 0 Å². The standard InChI is InChI=1S/C9H12N2O4/c12-5-6(13)3-11-9(15)7-1-2-10-4-8(7)14/h1-2,4,6,12-14H,3,5H2,(H,11,15). The van der Waals surface area contributed by atoms with Crippen molar-refractivity contribution in [1.29, 1.82) is 0 Å². The van der Waals surface area contributed by atoms with Gasteiger partial charge in [-0.25, -0.2) is 0 Å². The quantitative estimate of drug-likeness (QED) is 0.505. The van der Waals surface area contributed by atoms with Gasteiger partial charge in [-0.05, 0) is 6.07 Å². The van der Waals surface area contributed by atoms with Crippen molar-refractivity contribution in [1.82, 2.24) is 10.3 Å². The van der Waals surface area contributed by atoms with Gasteiger partial charge in [-0.1, -0.05) is 0 Å². The molecule has 1 unspecified atom stereocenters. The molecular formula is C9H12N2O4. The number of hydrogen-bond donors (Lipinski definition) is 4. The molecule has 0 saturated carbocycles. The van der Waals surface area contributed by atoms with Gasteiger partial charge >= 0.3 is 0 Å². The Labute approximate surface area is 86.2 Å². The van der Waals surface area contributed by atoms with Gasteiger partial charge in [0.25, 0.3) is 5.91 Å². The van der Waals surface area contributed by atoms with Gasteiger partial charge in [-0.3, -0.25) is 9.78 Å². The van der Waals surface area contributed by atoms with Crippen LogP contribution >= 0.6 is 0 Å². The van der Waals surface area contributed by atoms with Crippen LogP contribution in [0.2, 0.25) is 0 Å². The van der Waals surface area contributed by atoms with Crippen LogP contribution in [0.3, 0.4) is 0 Å². The average molecular weight is 212 g/mol. The summed E-state index contributed by atoms with van der Waals surface area (Å²) in [6, 6.07) is 1.36. The molecule has 1 amide bonds. The Kier molecular flexibility index (Phi) is 4.02. The summed E-state index contributed by atoms with van der Waals surface area (Å²) in [5.74, 6) is -0.754. The van der Waals surface area contributed by atoms with E-state index in [2.05, 4.69) is 10.3 Å². The summed E-state index contributed by atoms with van der Waals surface area (Å²) in [5, 5.41) is 29.1. The zero-order chi connectivity index (χ0) is 11.3. The number of aromatic hydroxyl groups is 1. The Balaban J connectivity index is 2.58. The lowest BCUT2D eigenvalue weighted by Crippen LogP contribution is -2.33. The SMILES string of the molecule is O=C(NCC(O)CO)c1ccncc1O. The van der Waals surface area contributed by atoms with Crippen molar-refractivity contribution in [2.45, 2.75) is 6.10 Å². The van der Waals surface area contributed by atoms with E-state index in [1.807, 2.05) is 0 Å². The van der Waals surface area contributed by atoms with E-state index in [4.69, 9.17) is 10.2 Å². The number of aromatic nitrogens is 1. The lowest BCUT2D eigenvalue weighted by molar-refractivity contribution is 0.0800. The summed E-state index contributed by atoms with van der Waals surface area (Å²) >= 11 is 0. The third-order valence-corrected chi connectivity index (χ3v) is 1.75. The van der Waals surface area contributed by atoms with E-state index in [1.54, 1.807) is 0 Å². The van der Waals surface area contributed by atoms with Crippen LogP contribution in [0.15, 0.2) is 18.5 Å². The maximum atomic E-state index is 11.4. The van der Waals surface area contributed by atoms with Crippen molar-refractivity contribution in [3.63, 3.8) is 0 Å². The number of rotatable bonds is 4. The van der Waals surface area contributed by atoms with E-state index < -0.39 is 18.6 Å². The number of aliphatic hydroxyl groups excluding tert-OH is 2. The summed E-state index contributed by atoms with van der Waals surface area (Å²) in [4.78, 5) is 15.0. The monoisotopic (exact) mass is 212 g/mol. The number of nitrogens with zero attached hydrogens (tertiary/aromatic N) is 1. The highest BCUT2D eigenvalue weighted by Gasteiger charge is 2.11. The predicted molar refractivity (Wildman–Crippen MR) is 51.3 cm³/mol. The number of nitrogens with one attached hydrogen (secondary N) is 1. The summed E-state index contributed by atoms with van der Waals surface area (Å²) in [5.41, 5.74) is 0.0788. The van der Waals surface area contributed by atoms with Gasteiger partial charge in [0.1, 0.15) is 5.75 Å². The van der Waals surface area contributed by atoms with E-state index >= 15 is 0 Å². The maximum Gasteiger partial charge on any atom is 0.255 e. The number of carbonyl (C=O) groups is 1. The fourth-order valence-electron chi connectivity index (χ4n) is 0.948. The van der Waals surface area contributed by atoms with E-state index in [0.717, 1.165) is 6.20 Å². The zero-order valence-corrected chi connectivity index (χ0v) is 7.92. The number of aliphatic hydroxyl groups is 2. The minimum Gasteiger partial charge on any atom is -0.505 e. The van der Waals surface area contributed by atoms with Crippen LogP contribution < -0.4 is 5.32 Å². The summed E-state index contributed by atoms with van der Waals surface area (Å²) in [6.45, 7) is -0.500. The molecule has 6 heteroatoms. The molecule has 0 spiro atoms. The van der Waals surface area contributed by atoms with Crippen molar-refractivity contribution in [3.8, 4) is 5.75 Å². The topological polar surface area (TPSA) is 103 Å². The fourth-order valence-corrected chi connectivity index (χ4v) is 0.948. The minimum absolute atomic E-state index is 0.0723. The molecule has 1 aromatic rings. The van der Waals surface area contributed by atoms with Crippen molar-refractivity contribution < 1.29 is 20.1 Å². The Hall–Kier alpha value is -1.66. The lowest BCUT2D eigenvalue weighted by atomic mass is 10.2. The molecule has 82 valence electrons. The normalized spacial score (nSPS) is 12.1. The first-order chi connectivity index (χ1) is 7.15. The van der Waals surface area contributed by atoms with Gasteiger partial charge in [0.05, 0.1) is 24.5 Å². The van der Waals surface area contributed by atoms with Crippen LogP contribution in [0.5, 0.6) is 5.75 Å². The Bertz CT molecular complexity index is 343. The molecule has 0 bridgehead atoms. The van der Waals surface area contributed by atoms with Crippen LogP contribution in [0, 0.1) is 0 Å². The fraction of sp³-hybridized carbons (Fsp3) is 0.333. The van der Waals surface area contributed by atoms with Gasteiger partial charge in [-0.15, -0.1) is 0 Å². The molecule has 1 atom stereocenters. The van der Waals surface area contributed by atoms with E-state index in [1.165, 1.54) is 12.3 Å². The van der Waals surface area contributed by atoms with Gasteiger partial charge in [0, 0.05) is 12.7 Å². The third-order valence-electron chi connectivity index (χ3n) is 1.75. The molecule has 0 aliphatic rings. The lowest BCUT2D eigenvalue weighted by Gasteiger charge is -2.09. The molecule has 0 radical (unpaired) electrons. The van der Waals surface area contributed by atoms with Crippen LogP contribution in [-0.2, 0) is 0 Å². The second-order valence-corrected chi connectivity index (χ2v) is 2.94. The molecule has 0 aromatic carbocycles. The second-order valence-electron chi connectivity index (χ2n) is 2.94. The Morgan fingerprint density at radius 1 is 1.60 bits per heavy atom. The largest absolute Gasteiger partial charge is 0.505 e. The highest BCUT2D eigenvalue weighted by atomic mass is 16.3. The summed E-state index contributed by atoms with van der Waals surface area (Å²) in [6.07, 6.45) is 1.52. The maximum absolute atomic E-state index is 11.4. The first-order valence-corrected chi connectivity index (χ1v) is 4.35. The first-order valence-electron chi connectivity index (χ1n) is 4.35. The number of pyridine rings is 1. The van der Waals surface area contributed by atoms with Crippen molar-refractivity contribution in [3.05, 3.63) is 24.0 Å². The van der Waals surface area contributed by atoms with Crippen LogP contribution in [0.4, 0.5) is 0 Å². The molecule has 0 aliphatic carbocycles. The smallest absolute Gasteiger partial charge is 0.255 e. The number of hydrogen-bond acceptors (Lipinski definition) is 5. The molecule has 1 rings (SSSR count). The number of carbonyl (C=O) groups excluding carboxylic acids is 1. The Morgan fingerprint density at radius 3 is 2.93 bits per heavy atom. The van der Waals surface area contributed by atoms with Crippen LogP contribution in [0.1, 0.15) is 10.4 Å². The van der Waals surface area contributed by atoms with Gasteiger partial charge < -0.3 is 20.6 Å². The van der Waals surface area contributed by atoms with Crippen molar-refractivity contribution >= 4 is 5.91 Å². The minimum atomic E-state index is -1.00. The van der Waals surface area contributed by atoms with Gasteiger partial charge in [0.2, 0.25) is 0 Å². The molecule has 6 nitrogen and oxygen atoms in total. The van der Waals surface area contributed by atoms with Crippen molar-refractivity contribution in [2.75, 3.05) is 13.2 Å². The average Bonchev–Trinajstić information content (AvgIpc) is 2.26. The highest BCUT2D eigenvalue weighted by Crippen LogP contribution is 2.12. The molecule has 0 saturated heterocycles. The molecule has 0 aliphatic heterocycles. The molecule has 1 aromatic heterocycles. The van der Waals surface area contributed by atoms with E-state index in [-0.39, 0.29) is 17.9 Å². The number of amides is 1. The van der Waals surface area contributed by atoms with Gasteiger partial charge in [0.15, 0.2) is 0 Å². The molecule has 15 heavy (non-hydrogen) atoms. The van der Waals surface area contributed by atoms with Crippen LogP contribution in [-0.4, -0.2) is 45.5 Å². The third kappa shape index (κ3) is 3.19. The molecule has 4 N–H and O–H groups in total. The van der Waals surface area contributed by atoms with Gasteiger partial charge in [-0.2, -0.15) is 0 Å². The molecule has 0 fully saturated rings. The molecular weight excluding hydrogens is 200 g/mol. The summed E-state index contributed by atoms with van der Waals surface area (Å²) in [7, 11) is 0. The second kappa shape index (κ2) is 5.28. The Morgan fingerprint density at radius 2 is 2.33 bits per heavy atom. The van der Waals surface area contributed by atoms with E-state index in [9.17, 15) is 9.90 Å². The predicted octanol–water partition coefficient (Wildman–Crippen LogP) is -1.13. The first kappa shape index (κ1) is 11.4. The zero-order valence-electron chi connectivity index (χ0n) is 7.92. The molecule has 1 heterocycles. The summed E-state index contributed by atoms with van der Waals surface area (Å²) < 4.78 is 0. The highest BCUT2D eigenvalue weighted by molar-refractivity contribution is 5.96. The van der Waals surface area contributed by atoms with Crippen LogP contribution in [0.25, 0.3) is 0 Å². The van der Waals surface area contributed by atoms with Crippen molar-refractivity contribution in [2.24, 2.45) is 0 Å².